The highest BCUT2D eigenvalue weighted by atomic mass is 32.1. The number of rotatable bonds is 4. The Bertz CT molecular complexity index is 700. The summed E-state index contributed by atoms with van der Waals surface area (Å²) in [6, 6.07) is 9.77. The minimum atomic E-state index is 0.356. The molecule has 1 heterocycles. The maximum atomic E-state index is 5.85. The Morgan fingerprint density at radius 3 is 2.90 bits per heavy atom. The summed E-state index contributed by atoms with van der Waals surface area (Å²) in [6.45, 7) is 0. The number of thiocarbonyl (C=S) groups is 1. The van der Waals surface area contributed by atoms with Crippen LogP contribution in [0.2, 0.25) is 0 Å². The van der Waals surface area contributed by atoms with Crippen LogP contribution >= 0.6 is 12.2 Å². The van der Waals surface area contributed by atoms with E-state index in [1.54, 1.807) is 7.11 Å². The molecule has 0 radical (unpaired) electrons. The molecule has 0 aliphatic heterocycles. The Labute approximate surface area is 129 Å². The van der Waals surface area contributed by atoms with Gasteiger partial charge in [-0.3, -0.25) is 0 Å². The molecule has 0 spiro atoms. The zero-order chi connectivity index (χ0) is 14.8. The minimum absolute atomic E-state index is 0.356. The van der Waals surface area contributed by atoms with Crippen molar-refractivity contribution in [3.8, 4) is 5.75 Å². The third-order valence-electron chi connectivity index (χ3n) is 3.68. The number of anilines is 2. The van der Waals surface area contributed by atoms with Crippen LogP contribution in [0.1, 0.15) is 23.2 Å². The monoisotopic (exact) mass is 299 g/mol. The molecule has 2 aromatic rings. The summed E-state index contributed by atoms with van der Waals surface area (Å²) in [5.41, 5.74) is 9.88. The number of methoxy groups -OCH3 is 1. The second kappa shape index (κ2) is 5.69. The molecule has 0 saturated heterocycles. The Hall–Kier alpha value is -2.14. The van der Waals surface area contributed by atoms with Crippen LogP contribution in [0.5, 0.6) is 5.75 Å². The van der Waals surface area contributed by atoms with Crippen LogP contribution in [0.25, 0.3) is 0 Å². The molecule has 5 heteroatoms. The lowest BCUT2D eigenvalue weighted by Gasteiger charge is -2.14. The lowest BCUT2D eigenvalue weighted by molar-refractivity contribution is 0.417. The first-order valence-corrected chi connectivity index (χ1v) is 7.32. The van der Waals surface area contributed by atoms with Gasteiger partial charge in [-0.1, -0.05) is 24.4 Å². The molecule has 1 aromatic carbocycles. The van der Waals surface area contributed by atoms with E-state index < -0.39 is 0 Å². The predicted octanol–water partition coefficient (Wildman–Crippen LogP) is 2.96. The number of nitrogens with zero attached hydrogens (tertiary/aromatic N) is 1. The van der Waals surface area contributed by atoms with Crippen molar-refractivity contribution in [2.75, 3.05) is 12.4 Å². The predicted molar refractivity (Wildman–Crippen MR) is 88.4 cm³/mol. The fraction of sp³-hybridized carbons (Fsp3) is 0.250. The molecule has 1 aliphatic carbocycles. The van der Waals surface area contributed by atoms with Crippen molar-refractivity contribution >= 4 is 28.7 Å². The maximum absolute atomic E-state index is 5.85. The third-order valence-corrected chi connectivity index (χ3v) is 3.90. The average Bonchev–Trinajstić information content (AvgIpc) is 2.94. The largest absolute Gasteiger partial charge is 0.495 e. The molecule has 0 bridgehead atoms. The fourth-order valence-electron chi connectivity index (χ4n) is 2.63. The van der Waals surface area contributed by atoms with E-state index in [0.717, 1.165) is 42.0 Å². The van der Waals surface area contributed by atoms with Crippen LogP contribution in [-0.4, -0.2) is 17.1 Å². The van der Waals surface area contributed by atoms with Gasteiger partial charge in [-0.05, 0) is 43.0 Å². The van der Waals surface area contributed by atoms with Crippen LogP contribution in [0, 0.1) is 0 Å². The Morgan fingerprint density at radius 2 is 2.14 bits per heavy atom. The second-order valence-corrected chi connectivity index (χ2v) is 5.47. The topological polar surface area (TPSA) is 60.2 Å². The lowest BCUT2D eigenvalue weighted by atomic mass is 10.1. The van der Waals surface area contributed by atoms with Crippen molar-refractivity contribution in [3.63, 3.8) is 0 Å². The molecule has 0 amide bonds. The lowest BCUT2D eigenvalue weighted by Crippen LogP contribution is -2.14. The van der Waals surface area contributed by atoms with Crippen LogP contribution in [-0.2, 0) is 12.8 Å². The van der Waals surface area contributed by atoms with Gasteiger partial charge in [0, 0.05) is 5.69 Å². The summed E-state index contributed by atoms with van der Waals surface area (Å²) >= 11 is 5.16. The number of benzene rings is 1. The first-order chi connectivity index (χ1) is 10.2. The van der Waals surface area contributed by atoms with Crippen molar-refractivity contribution in [2.24, 2.45) is 5.73 Å². The van der Waals surface area contributed by atoms with E-state index in [0.29, 0.717) is 10.8 Å². The van der Waals surface area contributed by atoms with Crippen molar-refractivity contribution < 1.29 is 4.74 Å². The Balaban J connectivity index is 2.03. The van der Waals surface area contributed by atoms with Gasteiger partial charge in [-0.15, -0.1) is 0 Å². The summed E-state index contributed by atoms with van der Waals surface area (Å²) in [5, 5.41) is 3.30. The van der Waals surface area contributed by atoms with E-state index >= 15 is 0 Å². The number of aromatic nitrogens is 1. The van der Waals surface area contributed by atoms with Gasteiger partial charge in [0.05, 0.1) is 18.4 Å². The van der Waals surface area contributed by atoms with Crippen LogP contribution in [0.3, 0.4) is 0 Å². The van der Waals surface area contributed by atoms with E-state index in [2.05, 4.69) is 11.4 Å². The van der Waals surface area contributed by atoms with Gasteiger partial charge in [0.2, 0.25) is 0 Å². The number of hydrogen-bond acceptors (Lipinski definition) is 4. The molecule has 1 aromatic heterocycles. The molecule has 4 nitrogen and oxygen atoms in total. The summed E-state index contributed by atoms with van der Waals surface area (Å²) in [4.78, 5) is 5.07. The first-order valence-electron chi connectivity index (χ1n) is 6.91. The molecule has 108 valence electrons. The maximum Gasteiger partial charge on any atom is 0.142 e. The normalized spacial score (nSPS) is 12.8. The molecule has 3 rings (SSSR count). The standard InChI is InChI=1S/C16H17N3OS/c1-20-14-8-3-2-6-13(14)19-16-11(15(17)21)9-10-5-4-7-12(10)18-16/h2-3,6,8-9H,4-5,7H2,1H3,(H2,17,21)(H,18,19). The van der Waals surface area contributed by atoms with Crippen molar-refractivity contribution in [2.45, 2.75) is 19.3 Å². The second-order valence-electron chi connectivity index (χ2n) is 5.03. The molecule has 3 N–H and O–H groups in total. The summed E-state index contributed by atoms with van der Waals surface area (Å²) < 4.78 is 5.36. The number of ether oxygens (including phenoxy) is 1. The number of aryl methyl sites for hydroxylation is 2. The van der Waals surface area contributed by atoms with E-state index in [9.17, 15) is 0 Å². The van der Waals surface area contributed by atoms with Crippen LogP contribution in [0.15, 0.2) is 30.3 Å². The number of nitrogens with two attached hydrogens (primary N) is 1. The van der Waals surface area contributed by atoms with Gasteiger partial charge in [0.1, 0.15) is 16.6 Å². The highest BCUT2D eigenvalue weighted by Crippen LogP contribution is 2.30. The van der Waals surface area contributed by atoms with Crippen LogP contribution < -0.4 is 15.8 Å². The molecular formula is C16H17N3OS. The average molecular weight is 299 g/mol. The molecule has 0 atom stereocenters. The SMILES string of the molecule is COc1ccccc1Nc1nc2c(cc1C(N)=S)CCC2. The number of pyridine rings is 1. The van der Waals surface area contributed by atoms with Gasteiger partial charge in [-0.2, -0.15) is 0 Å². The highest BCUT2D eigenvalue weighted by Gasteiger charge is 2.18. The number of hydrogen-bond donors (Lipinski definition) is 2. The van der Waals surface area contributed by atoms with E-state index in [-0.39, 0.29) is 0 Å². The fourth-order valence-corrected chi connectivity index (χ4v) is 2.79. The minimum Gasteiger partial charge on any atom is -0.495 e. The van der Waals surface area contributed by atoms with Crippen molar-refractivity contribution in [1.29, 1.82) is 0 Å². The summed E-state index contributed by atoms with van der Waals surface area (Å²) in [7, 11) is 1.64. The van der Waals surface area contributed by atoms with E-state index in [4.69, 9.17) is 27.7 Å². The zero-order valence-corrected chi connectivity index (χ0v) is 12.7. The van der Waals surface area contributed by atoms with Gasteiger partial charge < -0.3 is 15.8 Å². The van der Waals surface area contributed by atoms with Gasteiger partial charge in [-0.25, -0.2) is 4.98 Å². The molecule has 1 aliphatic rings. The Kier molecular flexibility index (Phi) is 3.75. The smallest absolute Gasteiger partial charge is 0.142 e. The number of para-hydroxylation sites is 2. The van der Waals surface area contributed by atoms with Crippen LogP contribution in [0.4, 0.5) is 11.5 Å². The van der Waals surface area contributed by atoms with E-state index in [1.165, 1.54) is 5.56 Å². The highest BCUT2D eigenvalue weighted by molar-refractivity contribution is 7.80. The Morgan fingerprint density at radius 1 is 1.33 bits per heavy atom. The molecule has 0 saturated carbocycles. The molecule has 0 fully saturated rings. The van der Waals surface area contributed by atoms with Crippen molar-refractivity contribution in [1.82, 2.24) is 4.98 Å². The molecule has 21 heavy (non-hydrogen) atoms. The first kappa shape index (κ1) is 13.8. The molecule has 0 unspecified atom stereocenters. The van der Waals surface area contributed by atoms with E-state index in [1.807, 2.05) is 24.3 Å². The third kappa shape index (κ3) is 2.69. The van der Waals surface area contributed by atoms with Crippen molar-refractivity contribution in [3.05, 3.63) is 47.2 Å². The molecular weight excluding hydrogens is 282 g/mol. The van der Waals surface area contributed by atoms with Gasteiger partial charge in [0.25, 0.3) is 0 Å². The quantitative estimate of drug-likeness (QED) is 0.850. The zero-order valence-electron chi connectivity index (χ0n) is 11.8. The summed E-state index contributed by atoms with van der Waals surface area (Å²) in [6.07, 6.45) is 3.19. The number of nitrogens with one attached hydrogen (secondary N) is 1. The van der Waals surface area contributed by atoms with Gasteiger partial charge in [0.15, 0.2) is 0 Å². The summed E-state index contributed by atoms with van der Waals surface area (Å²) in [5.74, 6) is 1.46. The number of fused-ring (bicyclic) bond motifs is 1. The van der Waals surface area contributed by atoms with Gasteiger partial charge >= 0.3 is 0 Å².